The van der Waals surface area contributed by atoms with Crippen molar-refractivity contribution in [2.45, 2.75) is 58.8 Å². The van der Waals surface area contributed by atoms with Crippen molar-refractivity contribution in [2.75, 3.05) is 10.2 Å². The Morgan fingerprint density at radius 1 is 0.953 bits per heavy atom. The lowest BCUT2D eigenvalue weighted by Crippen LogP contribution is -2.64. The van der Waals surface area contributed by atoms with E-state index in [1.165, 1.54) is 11.0 Å². The zero-order chi connectivity index (χ0) is 31.5. The number of primary amides is 1. The molecule has 3 aromatic carbocycles. The maximum Gasteiger partial charge on any atom is 0.338 e. The summed E-state index contributed by atoms with van der Waals surface area (Å²) in [5, 5.41) is 5.31. The summed E-state index contributed by atoms with van der Waals surface area (Å²) < 4.78 is 5.42. The van der Waals surface area contributed by atoms with Crippen LogP contribution in [0.25, 0.3) is 0 Å². The number of benzodiazepines with no additional fused rings is 1. The summed E-state index contributed by atoms with van der Waals surface area (Å²) in [5.74, 6) is -2.37. The van der Waals surface area contributed by atoms with Crippen LogP contribution in [0.4, 0.5) is 16.2 Å². The van der Waals surface area contributed by atoms with E-state index in [1.54, 1.807) is 88.4 Å². The highest BCUT2D eigenvalue weighted by Gasteiger charge is 2.52. The number of carbonyl (C=O) groups excluding carboxylic acids is 4. The van der Waals surface area contributed by atoms with E-state index in [0.717, 1.165) is 0 Å². The minimum absolute atomic E-state index is 0.250. The second kappa shape index (κ2) is 12.1. The van der Waals surface area contributed by atoms with Crippen molar-refractivity contribution in [2.24, 2.45) is 16.6 Å². The van der Waals surface area contributed by atoms with Crippen LogP contribution in [0.5, 0.6) is 0 Å². The molecular formula is C33H37N5O5. The third-order valence-electron chi connectivity index (χ3n) is 7.11. The Morgan fingerprint density at radius 2 is 1.60 bits per heavy atom. The van der Waals surface area contributed by atoms with Crippen molar-refractivity contribution in [1.29, 1.82) is 0 Å². The molecule has 4 N–H and O–H groups in total. The molecule has 1 aliphatic rings. The van der Waals surface area contributed by atoms with E-state index in [0.29, 0.717) is 28.2 Å². The molecule has 1 heterocycles. The van der Waals surface area contributed by atoms with Crippen molar-refractivity contribution in [3.05, 3.63) is 95.6 Å². The number of benzene rings is 3. The molecule has 2 unspecified atom stereocenters. The quantitative estimate of drug-likeness (QED) is 0.336. The fourth-order valence-electron chi connectivity index (χ4n) is 5.29. The summed E-state index contributed by atoms with van der Waals surface area (Å²) in [6.07, 6.45) is -1.40. The van der Waals surface area contributed by atoms with Gasteiger partial charge in [-0.25, -0.2) is 9.59 Å². The lowest BCUT2D eigenvalue weighted by Gasteiger charge is -2.45. The van der Waals surface area contributed by atoms with Crippen LogP contribution >= 0.6 is 0 Å². The third kappa shape index (κ3) is 6.28. The third-order valence-corrected chi connectivity index (χ3v) is 7.11. The van der Waals surface area contributed by atoms with E-state index >= 15 is 0 Å². The average molecular weight is 584 g/mol. The molecule has 0 aliphatic carbocycles. The van der Waals surface area contributed by atoms with Gasteiger partial charge in [0.25, 0.3) is 5.91 Å². The van der Waals surface area contributed by atoms with Gasteiger partial charge in [-0.2, -0.15) is 0 Å². The van der Waals surface area contributed by atoms with Gasteiger partial charge in [0.15, 0.2) is 5.54 Å². The van der Waals surface area contributed by atoms with Crippen LogP contribution in [-0.2, 0) is 19.9 Å². The number of rotatable bonds is 7. The molecule has 0 spiro atoms. The van der Waals surface area contributed by atoms with Gasteiger partial charge >= 0.3 is 12.0 Å². The van der Waals surface area contributed by atoms with E-state index in [2.05, 4.69) is 15.6 Å². The number of nitrogens with one attached hydrogen (secondary N) is 2. The number of amides is 4. The van der Waals surface area contributed by atoms with Crippen LogP contribution < -0.4 is 21.3 Å². The average Bonchev–Trinajstić information content (AvgIpc) is 3.03. The van der Waals surface area contributed by atoms with Crippen molar-refractivity contribution >= 4 is 40.9 Å². The Morgan fingerprint density at radius 3 is 2.23 bits per heavy atom. The highest BCUT2D eigenvalue weighted by Crippen LogP contribution is 2.42. The van der Waals surface area contributed by atoms with Gasteiger partial charge in [0.05, 0.1) is 11.3 Å². The van der Waals surface area contributed by atoms with Crippen molar-refractivity contribution in [3.8, 4) is 0 Å². The van der Waals surface area contributed by atoms with Gasteiger partial charge in [-0.15, -0.1) is 0 Å². The molecule has 224 valence electrons. The molecular weight excluding hydrogens is 546 g/mol. The zero-order valence-electron chi connectivity index (χ0n) is 25.2. The predicted octanol–water partition coefficient (Wildman–Crippen LogP) is 4.98. The molecule has 0 saturated heterocycles. The number of esters is 1. The van der Waals surface area contributed by atoms with E-state index in [1.807, 2.05) is 26.0 Å². The number of ether oxygens (including phenoxy) is 1. The highest BCUT2D eigenvalue weighted by atomic mass is 16.6. The molecule has 0 fully saturated rings. The summed E-state index contributed by atoms with van der Waals surface area (Å²) in [4.78, 5) is 59.7. The largest absolute Gasteiger partial charge is 0.456 e. The van der Waals surface area contributed by atoms with Crippen LogP contribution in [0, 0.1) is 5.92 Å². The first-order valence-corrected chi connectivity index (χ1v) is 14.0. The summed E-state index contributed by atoms with van der Waals surface area (Å²) in [6, 6.07) is 21.5. The van der Waals surface area contributed by atoms with E-state index in [4.69, 9.17) is 10.5 Å². The lowest BCUT2D eigenvalue weighted by molar-refractivity contribution is -0.131. The normalized spacial score (nSPS) is 16.3. The molecule has 43 heavy (non-hydrogen) atoms. The molecule has 0 bridgehead atoms. The lowest BCUT2D eigenvalue weighted by atomic mass is 9.76. The van der Waals surface area contributed by atoms with E-state index < -0.39 is 47.0 Å². The molecule has 3 aromatic rings. The van der Waals surface area contributed by atoms with Crippen molar-refractivity contribution in [3.63, 3.8) is 0 Å². The second-order valence-electron chi connectivity index (χ2n) is 11.6. The number of aliphatic imine (C=N–C) groups is 1. The topological polar surface area (TPSA) is 143 Å². The standard InChI is InChI=1S/C33H37N5O5/c1-20(2)33(30(34)41,23-14-8-7-9-15-23)38-26-18-11-10-17-25(26)21(3)35-27(28(38)39)37-31(42)36-24-16-12-13-22(19-24)29(40)43-32(4,5)6/h7-20,27H,1-6H3,(H2,34,41)(H2,36,37,42). The van der Waals surface area contributed by atoms with Gasteiger partial charge in [0, 0.05) is 17.0 Å². The Bertz CT molecular complexity index is 1580. The Balaban J connectivity index is 1.73. The molecule has 2 atom stereocenters. The first kappa shape index (κ1) is 31.0. The minimum atomic E-state index is -1.60. The highest BCUT2D eigenvalue weighted by molar-refractivity contribution is 6.15. The van der Waals surface area contributed by atoms with Crippen LogP contribution in [0.1, 0.15) is 63.0 Å². The van der Waals surface area contributed by atoms with Gasteiger partial charge in [0.1, 0.15) is 5.60 Å². The monoisotopic (exact) mass is 583 g/mol. The maximum absolute atomic E-state index is 14.5. The number of fused-ring (bicyclic) bond motifs is 1. The number of hydrogen-bond donors (Lipinski definition) is 3. The van der Waals surface area contributed by atoms with Crippen LogP contribution in [0.3, 0.4) is 0 Å². The second-order valence-corrected chi connectivity index (χ2v) is 11.6. The van der Waals surface area contributed by atoms with Crippen LogP contribution in [-0.4, -0.2) is 41.3 Å². The molecule has 0 saturated carbocycles. The Labute approximate surface area is 251 Å². The first-order valence-electron chi connectivity index (χ1n) is 14.0. The van der Waals surface area contributed by atoms with Gasteiger partial charge in [-0.3, -0.25) is 19.5 Å². The SMILES string of the molecule is CC1=NC(NC(=O)Nc2cccc(C(=O)OC(C)(C)C)c2)C(=O)N(C(C(N)=O)(c2ccccc2)C(C)C)c2ccccc21. The van der Waals surface area contributed by atoms with Crippen LogP contribution in [0.2, 0.25) is 0 Å². The summed E-state index contributed by atoms with van der Waals surface area (Å²) in [6.45, 7) is 10.7. The summed E-state index contributed by atoms with van der Waals surface area (Å²) in [5.41, 5.74) is 6.50. The number of carbonyl (C=O) groups is 4. The zero-order valence-corrected chi connectivity index (χ0v) is 25.2. The van der Waals surface area contributed by atoms with Gasteiger partial charge in [0.2, 0.25) is 12.1 Å². The number of nitrogens with two attached hydrogens (primary N) is 1. The number of nitrogens with zero attached hydrogens (tertiary/aromatic N) is 2. The predicted molar refractivity (Wildman–Crippen MR) is 166 cm³/mol. The van der Waals surface area contributed by atoms with Crippen molar-refractivity contribution in [1.82, 2.24) is 5.32 Å². The Kier molecular flexibility index (Phi) is 8.70. The summed E-state index contributed by atoms with van der Waals surface area (Å²) >= 11 is 0. The number of anilines is 2. The number of urea groups is 1. The maximum atomic E-state index is 14.5. The van der Waals surface area contributed by atoms with Gasteiger partial charge in [-0.05, 0) is 63.4 Å². The molecule has 10 nitrogen and oxygen atoms in total. The molecule has 1 aliphatic heterocycles. The molecule has 0 aromatic heterocycles. The number of hydrogen-bond acceptors (Lipinski definition) is 6. The van der Waals surface area contributed by atoms with Crippen molar-refractivity contribution < 1.29 is 23.9 Å². The molecule has 4 amide bonds. The molecule has 10 heteroatoms. The number of para-hydroxylation sites is 1. The summed E-state index contributed by atoms with van der Waals surface area (Å²) in [7, 11) is 0. The van der Waals surface area contributed by atoms with E-state index in [9.17, 15) is 19.2 Å². The van der Waals surface area contributed by atoms with E-state index in [-0.39, 0.29) is 5.56 Å². The van der Waals surface area contributed by atoms with Gasteiger partial charge in [-0.1, -0.05) is 68.4 Å². The van der Waals surface area contributed by atoms with Gasteiger partial charge < -0.3 is 21.1 Å². The smallest absolute Gasteiger partial charge is 0.338 e. The molecule has 4 rings (SSSR count). The first-order chi connectivity index (χ1) is 20.3. The fraction of sp³-hybridized carbons (Fsp3) is 0.303. The Hall–Kier alpha value is -4.99. The fourth-order valence-corrected chi connectivity index (χ4v) is 5.29. The minimum Gasteiger partial charge on any atom is -0.456 e. The van der Waals surface area contributed by atoms with Crippen LogP contribution in [0.15, 0.2) is 83.9 Å². The molecule has 0 radical (unpaired) electrons.